The molecule has 4 amide bonds. The number of rotatable bonds is 7. The summed E-state index contributed by atoms with van der Waals surface area (Å²) in [5, 5.41) is 13.4. The number of likely N-dealkylation sites (tertiary alicyclic amines) is 1. The number of benzene rings is 3. The molecule has 2 aliphatic carbocycles. The summed E-state index contributed by atoms with van der Waals surface area (Å²) in [6, 6.07) is 21.5. The van der Waals surface area contributed by atoms with Crippen LogP contribution < -0.4 is 15.0 Å². The summed E-state index contributed by atoms with van der Waals surface area (Å²) in [6.45, 7) is 0. The van der Waals surface area contributed by atoms with Gasteiger partial charge in [0.2, 0.25) is 11.8 Å². The Morgan fingerprint density at radius 3 is 2.35 bits per heavy atom. The molecule has 0 unspecified atom stereocenters. The number of imide groups is 2. The van der Waals surface area contributed by atoms with Gasteiger partial charge in [0.1, 0.15) is 0 Å². The van der Waals surface area contributed by atoms with E-state index in [1.54, 1.807) is 36.4 Å². The molecule has 1 saturated carbocycles. The monoisotopic (exact) mass is 749 g/mol. The number of nitrogens with one attached hydrogen (secondary N) is 1. The predicted octanol–water partition coefficient (Wildman–Crippen LogP) is 6.61. The van der Waals surface area contributed by atoms with Gasteiger partial charge in [-0.3, -0.25) is 29.0 Å². The van der Waals surface area contributed by atoms with E-state index in [4.69, 9.17) is 27.9 Å². The number of nitrogens with zero attached hydrogens (tertiary/aromatic N) is 2. The van der Waals surface area contributed by atoms with E-state index in [1.807, 2.05) is 48.5 Å². The first-order valence-electron chi connectivity index (χ1n) is 15.4. The molecule has 2 N–H and O–H groups in total. The van der Waals surface area contributed by atoms with Gasteiger partial charge in [-0.05, 0) is 72.9 Å². The fourth-order valence-electron chi connectivity index (χ4n) is 7.64. The first-order valence-corrected chi connectivity index (χ1v) is 17.3. The maximum atomic E-state index is 14.3. The van der Waals surface area contributed by atoms with Crippen LogP contribution in [-0.2, 0) is 19.2 Å². The number of phenolic OH excluding ortho intramolecular Hbond substituents is 1. The van der Waals surface area contributed by atoms with E-state index >= 15 is 0 Å². The summed E-state index contributed by atoms with van der Waals surface area (Å²) in [6.07, 6.45) is 5.49. The van der Waals surface area contributed by atoms with E-state index in [2.05, 4.69) is 21.2 Å². The third-order valence-corrected chi connectivity index (χ3v) is 11.9. The van der Waals surface area contributed by atoms with Gasteiger partial charge in [-0.1, -0.05) is 64.0 Å². The van der Waals surface area contributed by atoms with Crippen molar-refractivity contribution in [1.29, 1.82) is 0 Å². The quantitative estimate of drug-likeness (QED) is 0.121. The zero-order chi connectivity index (χ0) is 34.0. The number of anilines is 3. The highest BCUT2D eigenvalue weighted by Crippen LogP contribution is 2.63. The average molecular weight is 751 g/mol. The average Bonchev–Trinajstić information content (AvgIpc) is 3.43. The van der Waals surface area contributed by atoms with Crippen molar-refractivity contribution in [1.82, 2.24) is 4.90 Å². The van der Waals surface area contributed by atoms with Crippen molar-refractivity contribution < 1.29 is 29.0 Å². The molecule has 0 spiro atoms. The molecule has 0 radical (unpaired) electrons. The third-order valence-electron chi connectivity index (χ3n) is 9.94. The molecule has 246 valence electrons. The Hall–Kier alpha value is -4.12. The third kappa shape index (κ3) is 4.79. The first-order chi connectivity index (χ1) is 23.0. The molecule has 7 rings (SSSR count). The number of carbonyl (C=O) groups is 4. The molecule has 4 aliphatic rings. The minimum Gasteiger partial charge on any atom is -0.504 e. The SMILES string of the molecule is COc1cc(C=C[C@H]2C3=CC[C@@H]4C(=O)N(c5ccc(Nc6ccccc6)cc5)C(=O)[C@@H]4[C@@H]3C[C@@]3(Cl)C(=O)N(CBr)C(=O)[C@@]23Cl)ccc1O. The smallest absolute Gasteiger partial charge is 0.254 e. The van der Waals surface area contributed by atoms with E-state index in [0.717, 1.165) is 16.3 Å². The molecule has 9 nitrogen and oxygen atoms in total. The second kappa shape index (κ2) is 12.1. The Morgan fingerprint density at radius 1 is 0.958 bits per heavy atom. The van der Waals surface area contributed by atoms with Crippen molar-refractivity contribution in [3.63, 3.8) is 0 Å². The van der Waals surface area contributed by atoms with Crippen LogP contribution in [0.25, 0.3) is 6.08 Å². The number of allylic oxidation sites excluding steroid dienone is 3. The van der Waals surface area contributed by atoms with Gasteiger partial charge in [0.25, 0.3) is 11.8 Å². The maximum absolute atomic E-state index is 14.3. The Balaban J connectivity index is 1.25. The molecule has 0 bridgehead atoms. The molecule has 6 atom stereocenters. The van der Waals surface area contributed by atoms with Gasteiger partial charge in [-0.25, -0.2) is 0 Å². The summed E-state index contributed by atoms with van der Waals surface area (Å²) in [7, 11) is 1.43. The Kier molecular flexibility index (Phi) is 8.17. The van der Waals surface area contributed by atoms with Crippen molar-refractivity contribution >= 4 is 85.9 Å². The van der Waals surface area contributed by atoms with Crippen molar-refractivity contribution in [2.45, 2.75) is 22.6 Å². The molecular weight excluding hydrogens is 721 g/mol. The lowest BCUT2D eigenvalue weighted by atomic mass is 9.57. The molecule has 0 aromatic heterocycles. The van der Waals surface area contributed by atoms with Crippen LogP contribution >= 0.6 is 39.1 Å². The number of hydrogen-bond donors (Lipinski definition) is 2. The lowest BCUT2D eigenvalue weighted by molar-refractivity contribution is -0.138. The van der Waals surface area contributed by atoms with Crippen LogP contribution in [-0.4, -0.2) is 55.9 Å². The minimum absolute atomic E-state index is 0.0393. The van der Waals surface area contributed by atoms with Crippen molar-refractivity contribution in [3.05, 3.63) is 96.1 Å². The van der Waals surface area contributed by atoms with Gasteiger partial charge in [0.15, 0.2) is 21.2 Å². The number of hydrogen-bond acceptors (Lipinski definition) is 7. The molecule has 2 saturated heterocycles. The van der Waals surface area contributed by atoms with Crippen LogP contribution in [0.4, 0.5) is 17.1 Å². The summed E-state index contributed by atoms with van der Waals surface area (Å²) >= 11 is 17.7. The second-order valence-corrected chi connectivity index (χ2v) is 14.1. The number of methoxy groups -OCH3 is 1. The maximum Gasteiger partial charge on any atom is 0.254 e. The molecule has 2 aliphatic heterocycles. The van der Waals surface area contributed by atoms with Crippen molar-refractivity contribution in [2.24, 2.45) is 23.7 Å². The first kappa shape index (κ1) is 32.4. The number of fused-ring (bicyclic) bond motifs is 4. The Morgan fingerprint density at radius 2 is 1.67 bits per heavy atom. The number of para-hydroxylation sites is 1. The largest absolute Gasteiger partial charge is 0.504 e. The van der Waals surface area contributed by atoms with Crippen LogP contribution in [0.1, 0.15) is 18.4 Å². The number of ether oxygens (including phenoxy) is 1. The zero-order valence-electron chi connectivity index (χ0n) is 25.6. The number of amides is 4. The summed E-state index contributed by atoms with van der Waals surface area (Å²) in [5.74, 6) is -4.78. The summed E-state index contributed by atoms with van der Waals surface area (Å²) in [4.78, 5) is 54.3. The number of aromatic hydroxyl groups is 1. The lowest BCUT2D eigenvalue weighted by Crippen LogP contribution is -2.60. The standard InChI is InChI=1S/C36H30BrCl2N3O6/c1-48-29-17-20(8-16-28(29)43)7-15-27-24-13-14-25-30(26(24)18-35(38)33(46)41(19-37)34(47)36(27,35)39)32(45)42(31(25)44)23-11-9-22(10-12-23)40-21-5-3-2-4-6-21/h2-13,15-17,25-27,30,40,43H,14,18-19H2,1H3/t25-,26+,27-,30-,35+,36-/m0/s1. The molecule has 48 heavy (non-hydrogen) atoms. The number of alkyl halides is 3. The van der Waals surface area contributed by atoms with E-state index in [9.17, 15) is 24.3 Å². The van der Waals surface area contributed by atoms with E-state index in [-0.39, 0.29) is 41.6 Å². The van der Waals surface area contributed by atoms with Crippen molar-refractivity contribution in [2.75, 3.05) is 22.8 Å². The van der Waals surface area contributed by atoms with Gasteiger partial charge in [-0.2, -0.15) is 0 Å². The second-order valence-electron chi connectivity index (χ2n) is 12.4. The van der Waals surface area contributed by atoms with Crippen LogP contribution in [0.3, 0.4) is 0 Å². The van der Waals surface area contributed by atoms with Gasteiger partial charge in [0, 0.05) is 17.3 Å². The molecule has 12 heteroatoms. The van der Waals surface area contributed by atoms with Gasteiger partial charge in [-0.15, -0.1) is 23.2 Å². The summed E-state index contributed by atoms with van der Waals surface area (Å²) in [5.41, 5.74) is 3.36. The highest BCUT2D eigenvalue weighted by molar-refractivity contribution is 9.09. The van der Waals surface area contributed by atoms with E-state index in [1.165, 1.54) is 18.1 Å². The highest BCUT2D eigenvalue weighted by Gasteiger charge is 2.75. The number of halogens is 3. The molecule has 3 aromatic rings. The fourth-order valence-corrected chi connectivity index (χ4v) is 9.02. The van der Waals surface area contributed by atoms with Crippen LogP contribution in [0.15, 0.2) is 90.5 Å². The number of carbonyl (C=O) groups excluding carboxylic acids is 4. The summed E-state index contributed by atoms with van der Waals surface area (Å²) < 4.78 is 5.25. The molecule has 3 aromatic carbocycles. The Bertz CT molecular complexity index is 1900. The minimum atomic E-state index is -1.89. The number of phenols is 1. The van der Waals surface area contributed by atoms with Gasteiger partial charge in [0.05, 0.1) is 30.1 Å². The highest BCUT2D eigenvalue weighted by atomic mass is 79.9. The van der Waals surface area contributed by atoms with Crippen LogP contribution in [0.2, 0.25) is 0 Å². The van der Waals surface area contributed by atoms with E-state index < -0.39 is 45.2 Å². The lowest BCUT2D eigenvalue weighted by Gasteiger charge is -2.49. The zero-order valence-corrected chi connectivity index (χ0v) is 28.7. The van der Waals surface area contributed by atoms with Gasteiger partial charge < -0.3 is 15.2 Å². The normalized spacial score (nSPS) is 29.5. The van der Waals surface area contributed by atoms with Gasteiger partial charge >= 0.3 is 0 Å². The topological polar surface area (TPSA) is 116 Å². The predicted molar refractivity (Wildman–Crippen MR) is 186 cm³/mol. The van der Waals surface area contributed by atoms with Crippen LogP contribution in [0, 0.1) is 23.7 Å². The molecule has 2 heterocycles. The molecular formula is C36H30BrCl2N3O6. The van der Waals surface area contributed by atoms with Crippen LogP contribution in [0.5, 0.6) is 11.5 Å². The van der Waals surface area contributed by atoms with Crippen molar-refractivity contribution in [3.8, 4) is 11.5 Å². The molecule has 3 fully saturated rings. The fraction of sp³-hybridized carbons (Fsp3) is 0.278. The Labute approximate surface area is 295 Å². The van der Waals surface area contributed by atoms with E-state index in [0.29, 0.717) is 16.8 Å².